The van der Waals surface area contributed by atoms with Crippen molar-refractivity contribution in [3.8, 4) is 17.2 Å². The summed E-state index contributed by atoms with van der Waals surface area (Å²) in [6.45, 7) is 5.07. The maximum Gasteiger partial charge on any atom is 0.229 e. The molecule has 0 amide bonds. The Morgan fingerprint density at radius 1 is 0.893 bits per heavy atom. The number of hydrogen-bond donors (Lipinski definition) is 2. The first kappa shape index (κ1) is 17.9. The van der Waals surface area contributed by atoms with Crippen LogP contribution in [-0.4, -0.2) is 30.3 Å². The number of nitrogens with one attached hydrogen (secondary N) is 2. The average molecular weight is 378 g/mol. The fourth-order valence-electron chi connectivity index (χ4n) is 3.00. The predicted molar refractivity (Wildman–Crippen MR) is 108 cm³/mol. The van der Waals surface area contributed by atoms with Gasteiger partial charge in [-0.15, -0.1) is 0 Å². The van der Waals surface area contributed by atoms with Crippen LogP contribution in [0.5, 0.6) is 17.2 Å². The summed E-state index contributed by atoms with van der Waals surface area (Å²) < 4.78 is 16.6. The van der Waals surface area contributed by atoms with Crippen molar-refractivity contribution < 1.29 is 14.2 Å². The third-order valence-electron chi connectivity index (χ3n) is 4.27. The van der Waals surface area contributed by atoms with Gasteiger partial charge in [-0.05, 0) is 43.7 Å². The molecule has 7 heteroatoms. The van der Waals surface area contributed by atoms with E-state index in [1.165, 1.54) is 0 Å². The smallest absolute Gasteiger partial charge is 0.229 e. The highest BCUT2D eigenvalue weighted by molar-refractivity contribution is 5.66. The highest BCUT2D eigenvalue weighted by Gasteiger charge is 2.13. The van der Waals surface area contributed by atoms with Crippen LogP contribution in [0.25, 0.3) is 0 Å². The van der Waals surface area contributed by atoms with Gasteiger partial charge in [-0.25, -0.2) is 4.98 Å². The molecule has 0 aliphatic carbocycles. The van der Waals surface area contributed by atoms with Crippen LogP contribution < -0.4 is 24.8 Å². The van der Waals surface area contributed by atoms with Crippen molar-refractivity contribution in [3.63, 3.8) is 0 Å². The second-order valence-corrected chi connectivity index (χ2v) is 6.53. The number of aromatic nitrogens is 2. The van der Waals surface area contributed by atoms with E-state index < -0.39 is 0 Å². The number of aryl methyl sites for hydroxylation is 2. The van der Waals surface area contributed by atoms with Gasteiger partial charge < -0.3 is 24.8 Å². The van der Waals surface area contributed by atoms with E-state index in [0.29, 0.717) is 25.0 Å². The Kier molecular flexibility index (Phi) is 4.89. The van der Waals surface area contributed by atoms with Crippen LogP contribution in [-0.2, 0) is 0 Å². The summed E-state index contributed by atoms with van der Waals surface area (Å²) in [6, 6.07) is 13.5. The van der Waals surface area contributed by atoms with Crippen molar-refractivity contribution >= 4 is 23.1 Å². The molecule has 1 aliphatic heterocycles. The predicted octanol–water partition coefficient (Wildman–Crippen LogP) is 4.36. The van der Waals surface area contributed by atoms with Gasteiger partial charge in [-0.3, -0.25) is 0 Å². The molecule has 0 fully saturated rings. The molecule has 2 aromatic carbocycles. The summed E-state index contributed by atoms with van der Waals surface area (Å²) >= 11 is 0. The molecular formula is C21H22N4O3. The number of ether oxygens (including phenoxy) is 3. The minimum absolute atomic E-state index is 0.490. The number of nitrogens with zero attached hydrogens (tertiary/aromatic N) is 2. The standard InChI is InChI=1S/C21H22N4O3/c1-13-4-6-17(26-3)16(10-13)24-21-22-14(2)11-20(25-21)23-15-5-7-18-19(12-15)28-9-8-27-18/h4-7,10-12H,8-9H2,1-3H3,(H2,22,23,24,25). The first-order valence-electron chi connectivity index (χ1n) is 9.05. The van der Waals surface area contributed by atoms with Gasteiger partial charge in [0.2, 0.25) is 5.95 Å². The summed E-state index contributed by atoms with van der Waals surface area (Å²) in [5, 5.41) is 6.55. The molecule has 1 aromatic heterocycles. The highest BCUT2D eigenvalue weighted by atomic mass is 16.6. The number of methoxy groups -OCH3 is 1. The summed E-state index contributed by atoms with van der Waals surface area (Å²) in [6.07, 6.45) is 0. The molecule has 0 saturated heterocycles. The largest absolute Gasteiger partial charge is 0.495 e. The summed E-state index contributed by atoms with van der Waals surface area (Å²) in [4.78, 5) is 9.06. The zero-order chi connectivity index (χ0) is 19.5. The van der Waals surface area contributed by atoms with Gasteiger partial charge in [0.25, 0.3) is 0 Å². The first-order chi connectivity index (χ1) is 13.6. The highest BCUT2D eigenvalue weighted by Crippen LogP contribution is 2.34. The second kappa shape index (κ2) is 7.64. The second-order valence-electron chi connectivity index (χ2n) is 6.53. The minimum Gasteiger partial charge on any atom is -0.495 e. The maximum absolute atomic E-state index is 5.64. The Balaban J connectivity index is 1.58. The number of rotatable bonds is 5. The number of benzene rings is 2. The molecule has 28 heavy (non-hydrogen) atoms. The lowest BCUT2D eigenvalue weighted by atomic mass is 10.2. The molecule has 2 heterocycles. The van der Waals surface area contributed by atoms with E-state index in [4.69, 9.17) is 14.2 Å². The molecule has 0 saturated carbocycles. The Bertz CT molecular complexity index is 1010. The Morgan fingerprint density at radius 2 is 1.71 bits per heavy atom. The molecular weight excluding hydrogens is 356 g/mol. The first-order valence-corrected chi connectivity index (χ1v) is 9.05. The topological polar surface area (TPSA) is 77.5 Å². The number of anilines is 4. The average Bonchev–Trinajstić information content (AvgIpc) is 2.68. The van der Waals surface area contributed by atoms with Gasteiger partial charge in [0, 0.05) is 23.5 Å². The van der Waals surface area contributed by atoms with Crippen molar-refractivity contribution in [1.82, 2.24) is 9.97 Å². The van der Waals surface area contributed by atoms with E-state index >= 15 is 0 Å². The van der Waals surface area contributed by atoms with Crippen LogP contribution in [0.2, 0.25) is 0 Å². The molecule has 0 spiro atoms. The third kappa shape index (κ3) is 3.93. The molecule has 144 valence electrons. The SMILES string of the molecule is COc1ccc(C)cc1Nc1nc(C)cc(Nc2ccc3c(c2)OCCO3)n1. The van der Waals surface area contributed by atoms with Crippen molar-refractivity contribution in [2.45, 2.75) is 13.8 Å². The van der Waals surface area contributed by atoms with E-state index in [2.05, 4.69) is 20.6 Å². The van der Waals surface area contributed by atoms with Gasteiger partial charge in [0.15, 0.2) is 11.5 Å². The van der Waals surface area contributed by atoms with Gasteiger partial charge in [-0.1, -0.05) is 6.07 Å². The lowest BCUT2D eigenvalue weighted by Gasteiger charge is -2.19. The maximum atomic E-state index is 5.64. The Morgan fingerprint density at radius 3 is 2.54 bits per heavy atom. The van der Waals surface area contributed by atoms with Crippen molar-refractivity contribution in [3.05, 3.63) is 53.7 Å². The Hall–Kier alpha value is -3.48. The molecule has 0 radical (unpaired) electrons. The van der Waals surface area contributed by atoms with Crippen LogP contribution in [0.3, 0.4) is 0 Å². The number of fused-ring (bicyclic) bond motifs is 1. The lowest BCUT2D eigenvalue weighted by Crippen LogP contribution is -2.15. The van der Waals surface area contributed by atoms with Gasteiger partial charge in [-0.2, -0.15) is 4.98 Å². The molecule has 2 N–H and O–H groups in total. The van der Waals surface area contributed by atoms with E-state index in [1.807, 2.05) is 56.3 Å². The molecule has 4 rings (SSSR count). The molecule has 7 nitrogen and oxygen atoms in total. The normalized spacial score (nSPS) is 12.4. The zero-order valence-corrected chi connectivity index (χ0v) is 16.1. The van der Waals surface area contributed by atoms with Crippen LogP contribution in [0.15, 0.2) is 42.5 Å². The fourth-order valence-corrected chi connectivity index (χ4v) is 3.00. The lowest BCUT2D eigenvalue weighted by molar-refractivity contribution is 0.171. The van der Waals surface area contributed by atoms with E-state index in [-0.39, 0.29) is 0 Å². The summed E-state index contributed by atoms with van der Waals surface area (Å²) in [5.41, 5.74) is 3.63. The molecule has 0 atom stereocenters. The van der Waals surface area contributed by atoms with E-state index in [9.17, 15) is 0 Å². The molecule has 0 unspecified atom stereocenters. The molecule has 0 bridgehead atoms. The summed E-state index contributed by atoms with van der Waals surface area (Å²) in [5.74, 6) is 3.38. The summed E-state index contributed by atoms with van der Waals surface area (Å²) in [7, 11) is 1.64. The zero-order valence-electron chi connectivity index (χ0n) is 16.1. The minimum atomic E-state index is 0.490. The van der Waals surface area contributed by atoms with Crippen molar-refractivity contribution in [2.75, 3.05) is 31.0 Å². The van der Waals surface area contributed by atoms with Gasteiger partial charge in [0.05, 0.1) is 12.8 Å². The van der Waals surface area contributed by atoms with Gasteiger partial charge in [0.1, 0.15) is 24.8 Å². The Labute approximate surface area is 163 Å². The molecule has 1 aliphatic rings. The number of hydrogen-bond acceptors (Lipinski definition) is 7. The van der Waals surface area contributed by atoms with Crippen LogP contribution in [0, 0.1) is 13.8 Å². The van der Waals surface area contributed by atoms with Crippen molar-refractivity contribution in [1.29, 1.82) is 0 Å². The van der Waals surface area contributed by atoms with Crippen LogP contribution in [0.1, 0.15) is 11.3 Å². The monoisotopic (exact) mass is 378 g/mol. The van der Waals surface area contributed by atoms with Crippen LogP contribution >= 0.6 is 0 Å². The van der Waals surface area contributed by atoms with E-state index in [1.54, 1.807) is 7.11 Å². The molecule has 3 aromatic rings. The van der Waals surface area contributed by atoms with Crippen LogP contribution in [0.4, 0.5) is 23.1 Å². The van der Waals surface area contributed by atoms with E-state index in [0.717, 1.165) is 39.9 Å². The van der Waals surface area contributed by atoms with Gasteiger partial charge >= 0.3 is 0 Å². The van der Waals surface area contributed by atoms with Crippen molar-refractivity contribution in [2.24, 2.45) is 0 Å². The third-order valence-corrected chi connectivity index (χ3v) is 4.27. The quantitative estimate of drug-likeness (QED) is 0.683. The fraction of sp³-hybridized carbons (Fsp3) is 0.238.